The lowest BCUT2D eigenvalue weighted by Gasteiger charge is -2.39. The van der Waals surface area contributed by atoms with E-state index in [9.17, 15) is 27.6 Å². The molecule has 0 radical (unpaired) electrons. The van der Waals surface area contributed by atoms with Gasteiger partial charge < -0.3 is 19.5 Å². The summed E-state index contributed by atoms with van der Waals surface area (Å²) >= 11 is 0. The van der Waals surface area contributed by atoms with Crippen molar-refractivity contribution in [2.75, 3.05) is 29.6 Å². The van der Waals surface area contributed by atoms with E-state index >= 15 is 0 Å². The van der Waals surface area contributed by atoms with Gasteiger partial charge in [0.15, 0.2) is 17.8 Å². The molecule has 3 aliphatic rings. The van der Waals surface area contributed by atoms with E-state index in [4.69, 9.17) is 9.25 Å². The molecule has 2 aromatic rings. The van der Waals surface area contributed by atoms with Crippen LogP contribution in [0, 0.1) is 11.8 Å². The van der Waals surface area contributed by atoms with Crippen molar-refractivity contribution in [3.8, 4) is 0 Å². The number of fused-ring (bicyclic) bond motifs is 2. The molecule has 3 aliphatic heterocycles. The van der Waals surface area contributed by atoms with Gasteiger partial charge in [0.1, 0.15) is 6.26 Å². The second-order valence-electron chi connectivity index (χ2n) is 10.3. The summed E-state index contributed by atoms with van der Waals surface area (Å²) in [4.78, 5) is 51.8. The quantitative estimate of drug-likeness (QED) is 0.544. The molecule has 0 amide bonds. The summed E-state index contributed by atoms with van der Waals surface area (Å²) < 4.78 is 47.7. The Balaban J connectivity index is 1.69. The largest absolute Gasteiger partial charge is 0.493 e. The summed E-state index contributed by atoms with van der Waals surface area (Å²) in [7, 11) is 1.34. The first-order valence-corrected chi connectivity index (χ1v) is 12.5. The molecule has 0 aliphatic carbocycles. The summed E-state index contributed by atoms with van der Waals surface area (Å²) in [5.41, 5.74) is -1.48. The molecule has 2 saturated heterocycles. The molecular formula is C23H30F3N7O5. The topological polar surface area (TPSA) is 118 Å². The fourth-order valence-electron chi connectivity index (χ4n) is 5.53. The summed E-state index contributed by atoms with van der Waals surface area (Å²) in [5.74, 6) is -2.06. The number of nitrogens with zero attached hydrogens (tertiary/aromatic N) is 6. The molecule has 5 rings (SSSR count). The minimum atomic E-state index is -5.30. The van der Waals surface area contributed by atoms with Crippen LogP contribution in [0.2, 0.25) is 0 Å². The Bertz CT molecular complexity index is 1310. The van der Waals surface area contributed by atoms with Gasteiger partial charge >= 0.3 is 17.8 Å². The number of anilines is 2. The third-order valence-electron chi connectivity index (χ3n) is 7.40. The average molecular weight is 542 g/mol. The van der Waals surface area contributed by atoms with Gasteiger partial charge in [0.05, 0.1) is 12.7 Å². The van der Waals surface area contributed by atoms with Gasteiger partial charge in [-0.1, -0.05) is 13.8 Å². The molecule has 0 aromatic carbocycles. The lowest BCUT2D eigenvalue weighted by Crippen LogP contribution is -2.59. The number of alkyl halides is 3. The number of likely N-dealkylation sites (tertiary alicyclic amines) is 1. The highest BCUT2D eigenvalue weighted by Gasteiger charge is 2.54. The third kappa shape index (κ3) is 4.46. The number of rotatable bonds is 7. The van der Waals surface area contributed by atoms with Gasteiger partial charge in [0.25, 0.3) is 5.56 Å². The van der Waals surface area contributed by atoms with Gasteiger partial charge in [-0.05, 0) is 31.2 Å². The number of hydroxylamine groups is 1. The maximum Gasteiger partial charge on any atom is 0.493 e. The van der Waals surface area contributed by atoms with E-state index in [0.717, 1.165) is 27.2 Å². The smallest absolute Gasteiger partial charge is 0.447 e. The van der Waals surface area contributed by atoms with Crippen molar-refractivity contribution >= 4 is 17.5 Å². The highest BCUT2D eigenvalue weighted by molar-refractivity contribution is 5.79. The van der Waals surface area contributed by atoms with E-state index in [-0.39, 0.29) is 48.4 Å². The summed E-state index contributed by atoms with van der Waals surface area (Å²) in [6, 6.07) is -0.0892. The number of aromatic nitrogens is 3. The fourth-order valence-corrected chi connectivity index (χ4v) is 5.53. The van der Waals surface area contributed by atoms with Crippen molar-refractivity contribution in [1.29, 1.82) is 0 Å². The zero-order valence-electron chi connectivity index (χ0n) is 21.3. The summed E-state index contributed by atoms with van der Waals surface area (Å²) in [5, 5.41) is 4.04. The van der Waals surface area contributed by atoms with Crippen LogP contribution in [-0.2, 0) is 29.8 Å². The van der Waals surface area contributed by atoms with Crippen molar-refractivity contribution in [1.82, 2.24) is 24.3 Å². The fraction of sp³-hybridized carbons (Fsp3) is 0.652. The molecule has 5 heterocycles. The van der Waals surface area contributed by atoms with Gasteiger partial charge in [0, 0.05) is 32.7 Å². The predicted octanol–water partition coefficient (Wildman–Crippen LogP) is 1.01. The van der Waals surface area contributed by atoms with Crippen LogP contribution in [0.15, 0.2) is 26.5 Å². The number of oxazole rings is 1. The highest BCUT2D eigenvalue weighted by Crippen LogP contribution is 2.42. The van der Waals surface area contributed by atoms with Crippen LogP contribution in [-0.4, -0.2) is 63.1 Å². The van der Waals surface area contributed by atoms with Gasteiger partial charge in [-0.25, -0.2) is 14.6 Å². The van der Waals surface area contributed by atoms with Crippen LogP contribution in [0.4, 0.5) is 24.7 Å². The molecule has 0 spiro atoms. The van der Waals surface area contributed by atoms with Crippen molar-refractivity contribution < 1.29 is 27.2 Å². The molecule has 15 heteroatoms. The van der Waals surface area contributed by atoms with E-state index in [0.29, 0.717) is 19.5 Å². The zero-order chi connectivity index (χ0) is 27.4. The number of carbonyl (C=O) groups is 1. The van der Waals surface area contributed by atoms with E-state index < -0.39 is 29.7 Å². The number of halogens is 3. The highest BCUT2D eigenvalue weighted by atomic mass is 19.4. The second kappa shape index (κ2) is 9.76. The Hall–Kier alpha value is -3.33. The summed E-state index contributed by atoms with van der Waals surface area (Å²) in [6.45, 7) is 5.70. The lowest BCUT2D eigenvalue weighted by atomic mass is 10.1. The number of carbonyl (C=O) groups excluding carboxylic acids is 1. The van der Waals surface area contributed by atoms with E-state index in [1.807, 2.05) is 18.7 Å². The molecule has 3 atom stereocenters. The maximum atomic E-state index is 13.8. The Morgan fingerprint density at radius 3 is 2.71 bits per heavy atom. The number of hydrogen-bond donors (Lipinski definition) is 1. The first-order valence-electron chi connectivity index (χ1n) is 12.5. The zero-order valence-corrected chi connectivity index (χ0v) is 21.3. The molecule has 2 fully saturated rings. The first kappa shape index (κ1) is 26.3. The van der Waals surface area contributed by atoms with Crippen molar-refractivity contribution in [3.05, 3.63) is 39.2 Å². The van der Waals surface area contributed by atoms with E-state index in [2.05, 4.69) is 10.3 Å². The van der Waals surface area contributed by atoms with Crippen LogP contribution < -0.4 is 26.5 Å². The van der Waals surface area contributed by atoms with E-state index in [1.54, 1.807) is 0 Å². The lowest BCUT2D eigenvalue weighted by molar-refractivity contribution is -0.203. The standard InChI is InChI=1S/C23H30F3N7O5/c1-13(2)4-7-31-19(34)17-18(29(3)22(31)36)33(38-20(35)23(24,25)26)21(32(17)12-16-28-6-9-37-16)30-8-5-14-10-27-11-15(14)30/h6,9,13-15,21,27H,4-5,7-8,10-12H2,1-3H3. The van der Waals surface area contributed by atoms with Crippen molar-refractivity contribution in [2.45, 2.75) is 58.3 Å². The average Bonchev–Trinajstić information content (AvgIpc) is 3.62. The van der Waals surface area contributed by atoms with Gasteiger partial charge in [0.2, 0.25) is 5.89 Å². The monoisotopic (exact) mass is 541 g/mol. The van der Waals surface area contributed by atoms with Crippen molar-refractivity contribution in [2.24, 2.45) is 18.9 Å². The molecule has 3 unspecified atom stereocenters. The third-order valence-corrected chi connectivity index (χ3v) is 7.40. The minimum absolute atomic E-state index is 0.0663. The Kier molecular flexibility index (Phi) is 6.75. The molecule has 208 valence electrons. The second-order valence-corrected chi connectivity index (χ2v) is 10.3. The van der Waals surface area contributed by atoms with Crippen LogP contribution >= 0.6 is 0 Å². The SMILES string of the molecule is CC(C)CCn1c(=O)c2c(n(C)c1=O)N(OC(=O)C(F)(F)F)C(N1CCC3CNCC31)N2Cc1ncco1. The molecular weight excluding hydrogens is 511 g/mol. The summed E-state index contributed by atoms with van der Waals surface area (Å²) in [6.07, 6.45) is -2.39. The van der Waals surface area contributed by atoms with Crippen LogP contribution in [0.5, 0.6) is 0 Å². The molecule has 12 nitrogen and oxygen atoms in total. The number of hydrogen-bond acceptors (Lipinski definition) is 10. The normalized spacial score (nSPS) is 23.4. The Labute approximate surface area is 215 Å². The first-order chi connectivity index (χ1) is 18.0. The molecule has 38 heavy (non-hydrogen) atoms. The molecule has 0 saturated carbocycles. The molecule has 1 N–H and O–H groups in total. The van der Waals surface area contributed by atoms with Crippen LogP contribution in [0.1, 0.15) is 32.6 Å². The minimum Gasteiger partial charge on any atom is -0.447 e. The Morgan fingerprint density at radius 2 is 2.05 bits per heavy atom. The van der Waals surface area contributed by atoms with E-state index in [1.165, 1.54) is 24.4 Å². The predicted molar refractivity (Wildman–Crippen MR) is 128 cm³/mol. The molecule has 2 aromatic heterocycles. The van der Waals surface area contributed by atoms with Crippen molar-refractivity contribution in [3.63, 3.8) is 0 Å². The molecule has 0 bridgehead atoms. The number of nitrogens with one attached hydrogen (secondary N) is 1. The maximum absolute atomic E-state index is 13.8. The Morgan fingerprint density at radius 1 is 1.29 bits per heavy atom. The van der Waals surface area contributed by atoms with Gasteiger partial charge in [-0.3, -0.25) is 18.8 Å². The van der Waals surface area contributed by atoms with Crippen LogP contribution in [0.3, 0.4) is 0 Å². The van der Waals surface area contributed by atoms with Crippen LogP contribution in [0.25, 0.3) is 0 Å². The van der Waals surface area contributed by atoms with Gasteiger partial charge in [-0.15, -0.1) is 5.06 Å². The van der Waals surface area contributed by atoms with Gasteiger partial charge in [-0.2, -0.15) is 13.2 Å².